The second kappa shape index (κ2) is 8.66. The van der Waals surface area contributed by atoms with Crippen molar-refractivity contribution in [3.63, 3.8) is 0 Å². The molecule has 6 rings (SSSR count). The molecule has 0 amide bonds. The summed E-state index contributed by atoms with van der Waals surface area (Å²) in [6.45, 7) is 5.08. The average Bonchev–Trinajstić information content (AvgIpc) is 3.44. The predicted octanol–water partition coefficient (Wildman–Crippen LogP) is 2.74. The van der Waals surface area contributed by atoms with E-state index < -0.39 is 5.60 Å². The maximum Gasteiger partial charge on any atom is 0.328 e. The van der Waals surface area contributed by atoms with E-state index in [-0.39, 0.29) is 5.69 Å². The van der Waals surface area contributed by atoms with Crippen molar-refractivity contribution >= 4 is 27.8 Å². The van der Waals surface area contributed by atoms with E-state index in [4.69, 9.17) is 19.8 Å². The van der Waals surface area contributed by atoms with Crippen molar-refractivity contribution in [1.82, 2.24) is 33.9 Å². The van der Waals surface area contributed by atoms with Crippen molar-refractivity contribution < 1.29 is 9.84 Å². The quantitative estimate of drug-likeness (QED) is 0.389. The van der Waals surface area contributed by atoms with Gasteiger partial charge in [0.15, 0.2) is 11.6 Å². The first-order chi connectivity index (χ1) is 18.2. The van der Waals surface area contributed by atoms with E-state index in [1.165, 1.54) is 0 Å². The van der Waals surface area contributed by atoms with Gasteiger partial charge in [-0.2, -0.15) is 5.10 Å². The fourth-order valence-electron chi connectivity index (χ4n) is 5.28. The molecule has 1 aliphatic heterocycles. The lowest BCUT2D eigenvalue weighted by atomic mass is 9.94. The molecule has 1 saturated heterocycles. The zero-order valence-electron chi connectivity index (χ0n) is 22.1. The van der Waals surface area contributed by atoms with Gasteiger partial charge in [0.2, 0.25) is 0 Å². The molecule has 196 valence electrons. The normalized spacial score (nSPS) is 15.5. The van der Waals surface area contributed by atoms with Crippen LogP contribution in [-0.2, 0) is 14.1 Å². The standard InChI is InChI=1S/C27H30N8O3/c1-16-17-15-29-35(20(17)12-19(30-16)18-14-28-9-6-22(18)38-5)23-13-21-24(33(4)26(36)32(21)3)25(31-23)34-10-7-27(2,37)8-11-34/h6,9,12-15,37H,7-8,10-11H2,1-5H3. The molecule has 0 spiro atoms. The molecule has 11 heteroatoms. The molecule has 0 aromatic carbocycles. The van der Waals surface area contributed by atoms with Gasteiger partial charge in [-0.25, -0.2) is 14.5 Å². The SMILES string of the molecule is COc1ccncc1-c1cc2c(cnn2-c2cc3c(c(N4CCC(C)(O)CC4)n2)n(C)c(=O)n3C)c(C)n1. The van der Waals surface area contributed by atoms with Crippen LogP contribution in [0.1, 0.15) is 25.5 Å². The van der Waals surface area contributed by atoms with Gasteiger partial charge in [0.1, 0.15) is 11.3 Å². The molecule has 5 aromatic heterocycles. The summed E-state index contributed by atoms with van der Waals surface area (Å²) >= 11 is 0. The van der Waals surface area contributed by atoms with Crippen LogP contribution in [0.3, 0.4) is 0 Å². The summed E-state index contributed by atoms with van der Waals surface area (Å²) in [7, 11) is 5.15. The summed E-state index contributed by atoms with van der Waals surface area (Å²) in [5.74, 6) is 1.98. The van der Waals surface area contributed by atoms with Crippen LogP contribution in [0.25, 0.3) is 39.0 Å². The molecule has 0 bridgehead atoms. The highest BCUT2D eigenvalue weighted by atomic mass is 16.5. The summed E-state index contributed by atoms with van der Waals surface area (Å²) in [6.07, 6.45) is 6.44. The Labute approximate surface area is 218 Å². The Morgan fingerprint density at radius 3 is 2.55 bits per heavy atom. The third-order valence-electron chi connectivity index (χ3n) is 7.60. The van der Waals surface area contributed by atoms with Crippen LogP contribution < -0.4 is 15.3 Å². The van der Waals surface area contributed by atoms with Gasteiger partial charge < -0.3 is 14.7 Å². The highest BCUT2D eigenvalue weighted by Gasteiger charge is 2.30. The Balaban J connectivity index is 1.57. The number of imidazole rings is 1. The van der Waals surface area contributed by atoms with Crippen LogP contribution in [0.15, 0.2) is 41.6 Å². The number of methoxy groups -OCH3 is 1. The number of piperidine rings is 1. The van der Waals surface area contributed by atoms with Gasteiger partial charge in [-0.15, -0.1) is 0 Å². The minimum Gasteiger partial charge on any atom is -0.496 e. The molecule has 0 aliphatic carbocycles. The van der Waals surface area contributed by atoms with Crippen molar-refractivity contribution in [2.75, 3.05) is 25.1 Å². The van der Waals surface area contributed by atoms with Crippen molar-refractivity contribution in [3.05, 3.63) is 53.0 Å². The maximum absolute atomic E-state index is 12.9. The lowest BCUT2D eigenvalue weighted by molar-refractivity contribution is 0.0350. The van der Waals surface area contributed by atoms with Crippen LogP contribution >= 0.6 is 0 Å². The Kier molecular flexibility index (Phi) is 5.49. The number of pyridine rings is 3. The smallest absolute Gasteiger partial charge is 0.328 e. The highest BCUT2D eigenvalue weighted by molar-refractivity contribution is 5.91. The Hall–Kier alpha value is -4.25. The topological polar surface area (TPSA) is 116 Å². The van der Waals surface area contributed by atoms with Gasteiger partial charge >= 0.3 is 5.69 Å². The number of nitrogens with zero attached hydrogens (tertiary/aromatic N) is 8. The molecule has 1 fully saturated rings. The van der Waals surface area contributed by atoms with Crippen molar-refractivity contribution in [1.29, 1.82) is 0 Å². The Bertz CT molecular complexity index is 1750. The zero-order valence-corrected chi connectivity index (χ0v) is 22.1. The number of aromatic nitrogens is 7. The summed E-state index contributed by atoms with van der Waals surface area (Å²) < 4.78 is 10.6. The Morgan fingerprint density at radius 1 is 1.05 bits per heavy atom. The summed E-state index contributed by atoms with van der Waals surface area (Å²) in [6, 6.07) is 5.66. The molecule has 11 nitrogen and oxygen atoms in total. The molecule has 38 heavy (non-hydrogen) atoms. The molecular weight excluding hydrogens is 484 g/mol. The van der Waals surface area contributed by atoms with Gasteiger partial charge in [-0.1, -0.05) is 0 Å². The van der Waals surface area contributed by atoms with Crippen molar-refractivity contribution in [2.24, 2.45) is 14.1 Å². The number of rotatable bonds is 4. The molecule has 0 saturated carbocycles. The van der Waals surface area contributed by atoms with Crippen LogP contribution in [0.5, 0.6) is 5.75 Å². The van der Waals surface area contributed by atoms with E-state index in [9.17, 15) is 9.90 Å². The minimum absolute atomic E-state index is 0.125. The second-order valence-electron chi connectivity index (χ2n) is 10.2. The van der Waals surface area contributed by atoms with Gasteiger partial charge in [0.25, 0.3) is 0 Å². The van der Waals surface area contributed by atoms with Gasteiger partial charge in [0, 0.05) is 56.7 Å². The summed E-state index contributed by atoms with van der Waals surface area (Å²) in [4.78, 5) is 29.2. The highest BCUT2D eigenvalue weighted by Crippen LogP contribution is 2.34. The fraction of sp³-hybridized carbons (Fsp3) is 0.370. The van der Waals surface area contributed by atoms with Crippen molar-refractivity contribution in [2.45, 2.75) is 32.3 Å². The van der Waals surface area contributed by atoms with E-state index in [2.05, 4.69) is 9.88 Å². The van der Waals surface area contributed by atoms with Crippen LogP contribution in [0.4, 0.5) is 5.82 Å². The number of fused-ring (bicyclic) bond motifs is 2. The first kappa shape index (κ1) is 24.1. The van der Waals surface area contributed by atoms with Crippen molar-refractivity contribution in [3.8, 4) is 22.8 Å². The summed E-state index contributed by atoms with van der Waals surface area (Å²) in [5.41, 5.74) is 3.84. The third kappa shape index (κ3) is 3.73. The third-order valence-corrected chi connectivity index (χ3v) is 7.60. The first-order valence-corrected chi connectivity index (χ1v) is 12.6. The molecule has 6 heterocycles. The largest absolute Gasteiger partial charge is 0.496 e. The average molecular weight is 515 g/mol. The predicted molar refractivity (Wildman–Crippen MR) is 145 cm³/mol. The number of ether oxygens (including phenoxy) is 1. The molecule has 5 aromatic rings. The van der Waals surface area contributed by atoms with Gasteiger partial charge in [-0.3, -0.25) is 19.1 Å². The molecule has 0 radical (unpaired) electrons. The van der Waals surface area contributed by atoms with Crippen LogP contribution in [0, 0.1) is 6.92 Å². The van der Waals surface area contributed by atoms with Crippen LogP contribution in [0.2, 0.25) is 0 Å². The number of aliphatic hydroxyl groups is 1. The fourth-order valence-corrected chi connectivity index (χ4v) is 5.28. The van der Waals surface area contributed by atoms with E-state index in [1.54, 1.807) is 53.6 Å². The number of aryl methyl sites for hydroxylation is 3. The maximum atomic E-state index is 12.9. The lowest BCUT2D eigenvalue weighted by Crippen LogP contribution is -2.43. The molecule has 1 aliphatic rings. The molecule has 1 N–H and O–H groups in total. The van der Waals surface area contributed by atoms with E-state index in [1.807, 2.05) is 32.0 Å². The number of hydrogen-bond donors (Lipinski definition) is 1. The number of anilines is 1. The number of hydrogen-bond acceptors (Lipinski definition) is 8. The monoisotopic (exact) mass is 514 g/mol. The molecule has 0 atom stereocenters. The van der Waals surface area contributed by atoms with E-state index in [0.29, 0.717) is 49.0 Å². The van der Waals surface area contributed by atoms with Crippen LogP contribution in [-0.4, -0.2) is 64.8 Å². The van der Waals surface area contributed by atoms with Gasteiger partial charge in [-0.05, 0) is 38.8 Å². The van der Waals surface area contributed by atoms with Gasteiger partial charge in [0.05, 0.1) is 41.2 Å². The second-order valence-corrected chi connectivity index (χ2v) is 10.2. The Morgan fingerprint density at radius 2 is 1.82 bits per heavy atom. The first-order valence-electron chi connectivity index (χ1n) is 12.6. The minimum atomic E-state index is -0.706. The molecular formula is C27H30N8O3. The summed E-state index contributed by atoms with van der Waals surface area (Å²) in [5, 5.41) is 16.1. The van der Waals surface area contributed by atoms with E-state index >= 15 is 0 Å². The zero-order chi connectivity index (χ0) is 26.8. The molecule has 0 unspecified atom stereocenters. The lowest BCUT2D eigenvalue weighted by Gasteiger charge is -2.36. The van der Waals surface area contributed by atoms with E-state index in [0.717, 1.165) is 33.2 Å².